The summed E-state index contributed by atoms with van der Waals surface area (Å²) < 4.78 is 10.4. The fraction of sp³-hybridized carbons (Fsp3) is 0.231. The summed E-state index contributed by atoms with van der Waals surface area (Å²) in [6.45, 7) is 0. The first kappa shape index (κ1) is 12.3. The molecule has 0 aliphatic heterocycles. The number of aromatic nitrogens is 2. The Labute approximate surface area is 105 Å². The molecule has 0 aliphatic carbocycles. The Morgan fingerprint density at radius 3 is 2.61 bits per heavy atom. The molecular weight excluding hydrogens is 232 g/mol. The van der Waals surface area contributed by atoms with Gasteiger partial charge >= 0.3 is 0 Å². The summed E-state index contributed by atoms with van der Waals surface area (Å²) in [5.41, 5.74) is 1.16. The minimum atomic E-state index is -0.853. The number of aliphatic hydroxyl groups is 1. The molecule has 1 unspecified atom stereocenters. The average molecular weight is 246 g/mol. The van der Waals surface area contributed by atoms with Gasteiger partial charge in [0.1, 0.15) is 23.9 Å². The minimum Gasteiger partial charge on any atom is -0.497 e. The van der Waals surface area contributed by atoms with Gasteiger partial charge in [-0.15, -0.1) is 0 Å². The number of hydrogen-bond acceptors (Lipinski definition) is 5. The van der Waals surface area contributed by atoms with E-state index in [1.165, 1.54) is 6.33 Å². The molecule has 2 rings (SSSR count). The molecule has 18 heavy (non-hydrogen) atoms. The summed E-state index contributed by atoms with van der Waals surface area (Å²) >= 11 is 0. The SMILES string of the molecule is COc1ccc(C(O)c2ccncn2)c(OC)c1. The normalized spacial score (nSPS) is 11.9. The van der Waals surface area contributed by atoms with Crippen molar-refractivity contribution in [3.05, 3.63) is 48.0 Å². The first-order chi connectivity index (χ1) is 8.76. The highest BCUT2D eigenvalue weighted by atomic mass is 16.5. The van der Waals surface area contributed by atoms with Gasteiger partial charge in [-0.1, -0.05) is 0 Å². The summed E-state index contributed by atoms with van der Waals surface area (Å²) in [7, 11) is 3.13. The van der Waals surface area contributed by atoms with Gasteiger partial charge in [-0.3, -0.25) is 0 Å². The van der Waals surface area contributed by atoms with E-state index in [-0.39, 0.29) is 0 Å². The smallest absolute Gasteiger partial charge is 0.128 e. The van der Waals surface area contributed by atoms with Gasteiger partial charge in [-0.05, 0) is 18.2 Å². The maximum Gasteiger partial charge on any atom is 0.128 e. The second-order valence-corrected chi connectivity index (χ2v) is 3.64. The van der Waals surface area contributed by atoms with Crippen molar-refractivity contribution in [2.45, 2.75) is 6.10 Å². The van der Waals surface area contributed by atoms with Crippen LogP contribution in [0.25, 0.3) is 0 Å². The predicted octanol–water partition coefficient (Wildman–Crippen LogP) is 1.58. The number of ether oxygens (including phenoxy) is 2. The molecule has 0 saturated carbocycles. The molecule has 1 heterocycles. The Balaban J connectivity index is 2.38. The summed E-state index contributed by atoms with van der Waals surface area (Å²) in [6, 6.07) is 6.90. The van der Waals surface area contributed by atoms with Gasteiger partial charge in [0.25, 0.3) is 0 Å². The Bertz CT molecular complexity index is 517. The van der Waals surface area contributed by atoms with Crippen LogP contribution in [0.3, 0.4) is 0 Å². The zero-order chi connectivity index (χ0) is 13.0. The fourth-order valence-electron chi connectivity index (χ4n) is 1.67. The first-order valence-electron chi connectivity index (χ1n) is 5.42. The monoisotopic (exact) mass is 246 g/mol. The van der Waals surface area contributed by atoms with E-state index in [1.807, 2.05) is 0 Å². The van der Waals surface area contributed by atoms with Crippen molar-refractivity contribution in [1.29, 1.82) is 0 Å². The standard InChI is InChI=1S/C13H14N2O3/c1-17-9-3-4-10(12(7-9)18-2)13(16)11-5-6-14-8-15-11/h3-8,13,16H,1-2H3. The Morgan fingerprint density at radius 1 is 1.17 bits per heavy atom. The van der Waals surface area contributed by atoms with Crippen molar-refractivity contribution in [2.24, 2.45) is 0 Å². The topological polar surface area (TPSA) is 64.5 Å². The summed E-state index contributed by atoms with van der Waals surface area (Å²) in [6.07, 6.45) is 2.13. The van der Waals surface area contributed by atoms with Crippen LogP contribution < -0.4 is 9.47 Å². The molecule has 0 spiro atoms. The van der Waals surface area contributed by atoms with Crippen LogP contribution in [0.2, 0.25) is 0 Å². The molecule has 0 radical (unpaired) electrons. The van der Waals surface area contributed by atoms with Gasteiger partial charge in [0.2, 0.25) is 0 Å². The fourth-order valence-corrected chi connectivity index (χ4v) is 1.67. The Kier molecular flexibility index (Phi) is 3.74. The van der Waals surface area contributed by atoms with Gasteiger partial charge in [0.15, 0.2) is 0 Å². The van der Waals surface area contributed by atoms with Gasteiger partial charge in [-0.2, -0.15) is 0 Å². The highest BCUT2D eigenvalue weighted by Crippen LogP contribution is 2.31. The molecule has 94 valence electrons. The molecule has 0 saturated heterocycles. The second-order valence-electron chi connectivity index (χ2n) is 3.64. The number of nitrogens with zero attached hydrogens (tertiary/aromatic N) is 2. The lowest BCUT2D eigenvalue weighted by Gasteiger charge is -2.15. The lowest BCUT2D eigenvalue weighted by atomic mass is 10.0. The van der Waals surface area contributed by atoms with Crippen molar-refractivity contribution in [3.8, 4) is 11.5 Å². The Hall–Kier alpha value is -2.14. The van der Waals surface area contributed by atoms with Crippen LogP contribution in [0.5, 0.6) is 11.5 Å². The van der Waals surface area contributed by atoms with E-state index in [0.29, 0.717) is 22.8 Å². The van der Waals surface area contributed by atoms with E-state index in [2.05, 4.69) is 9.97 Å². The van der Waals surface area contributed by atoms with Crippen LogP contribution >= 0.6 is 0 Å². The minimum absolute atomic E-state index is 0.522. The van der Waals surface area contributed by atoms with Gasteiger partial charge in [-0.25, -0.2) is 9.97 Å². The highest BCUT2D eigenvalue weighted by Gasteiger charge is 2.17. The van der Waals surface area contributed by atoms with E-state index < -0.39 is 6.10 Å². The van der Waals surface area contributed by atoms with Crippen molar-refractivity contribution < 1.29 is 14.6 Å². The van der Waals surface area contributed by atoms with Crippen molar-refractivity contribution in [3.63, 3.8) is 0 Å². The molecule has 1 N–H and O–H groups in total. The van der Waals surface area contributed by atoms with E-state index in [1.54, 1.807) is 44.7 Å². The number of benzene rings is 1. The highest BCUT2D eigenvalue weighted by molar-refractivity contribution is 5.44. The van der Waals surface area contributed by atoms with Crippen molar-refractivity contribution in [1.82, 2.24) is 9.97 Å². The molecule has 0 bridgehead atoms. The van der Waals surface area contributed by atoms with E-state index >= 15 is 0 Å². The van der Waals surface area contributed by atoms with Crippen molar-refractivity contribution in [2.75, 3.05) is 14.2 Å². The Morgan fingerprint density at radius 2 is 2.00 bits per heavy atom. The molecule has 0 aliphatic rings. The maximum atomic E-state index is 10.3. The molecule has 0 fully saturated rings. The average Bonchev–Trinajstić information content (AvgIpc) is 2.46. The van der Waals surface area contributed by atoms with Gasteiger partial charge < -0.3 is 14.6 Å². The lowest BCUT2D eigenvalue weighted by molar-refractivity contribution is 0.209. The summed E-state index contributed by atoms with van der Waals surface area (Å²) in [4.78, 5) is 7.84. The molecule has 5 heteroatoms. The summed E-state index contributed by atoms with van der Waals surface area (Å²) in [5, 5.41) is 10.3. The largest absolute Gasteiger partial charge is 0.497 e. The predicted molar refractivity (Wildman–Crippen MR) is 65.6 cm³/mol. The molecule has 1 aromatic carbocycles. The van der Waals surface area contributed by atoms with Crippen LogP contribution in [0.1, 0.15) is 17.4 Å². The number of hydrogen-bond donors (Lipinski definition) is 1. The number of aliphatic hydroxyl groups excluding tert-OH is 1. The van der Waals surface area contributed by atoms with E-state index in [9.17, 15) is 5.11 Å². The molecule has 2 aromatic rings. The number of rotatable bonds is 4. The van der Waals surface area contributed by atoms with Crippen LogP contribution in [0.4, 0.5) is 0 Å². The van der Waals surface area contributed by atoms with E-state index in [0.717, 1.165) is 0 Å². The van der Waals surface area contributed by atoms with Crippen molar-refractivity contribution >= 4 is 0 Å². The van der Waals surface area contributed by atoms with Crippen LogP contribution in [0.15, 0.2) is 36.8 Å². The molecule has 0 amide bonds. The molecular formula is C13H14N2O3. The van der Waals surface area contributed by atoms with Gasteiger partial charge in [0, 0.05) is 17.8 Å². The zero-order valence-electron chi connectivity index (χ0n) is 10.2. The second kappa shape index (κ2) is 5.46. The lowest BCUT2D eigenvalue weighted by Crippen LogP contribution is -2.04. The third-order valence-corrected chi connectivity index (χ3v) is 2.62. The van der Waals surface area contributed by atoms with Crippen LogP contribution in [-0.4, -0.2) is 29.3 Å². The molecule has 1 aromatic heterocycles. The summed E-state index contributed by atoms with van der Waals surface area (Å²) in [5.74, 6) is 1.23. The van der Waals surface area contributed by atoms with E-state index in [4.69, 9.17) is 9.47 Å². The maximum absolute atomic E-state index is 10.3. The number of methoxy groups -OCH3 is 2. The van der Waals surface area contributed by atoms with Crippen LogP contribution in [-0.2, 0) is 0 Å². The zero-order valence-corrected chi connectivity index (χ0v) is 10.2. The van der Waals surface area contributed by atoms with Crippen LogP contribution in [0, 0.1) is 0 Å². The van der Waals surface area contributed by atoms with Gasteiger partial charge in [0.05, 0.1) is 19.9 Å². The third kappa shape index (κ3) is 2.41. The molecule has 1 atom stereocenters. The quantitative estimate of drug-likeness (QED) is 0.887. The first-order valence-corrected chi connectivity index (χ1v) is 5.42. The molecule has 5 nitrogen and oxygen atoms in total. The third-order valence-electron chi connectivity index (χ3n) is 2.62.